The van der Waals surface area contributed by atoms with Crippen molar-refractivity contribution in [2.75, 3.05) is 32.7 Å². The number of carbonyl (C=O) groups excluding carboxylic acids is 1. The fraction of sp³-hybridized carbons (Fsp3) is 0.900. The largest absolute Gasteiger partial charge is 0.342 e. The minimum atomic E-state index is 0. The predicted octanol–water partition coefficient (Wildman–Crippen LogP) is -0.175. The maximum atomic E-state index is 12.0. The third-order valence-corrected chi connectivity index (χ3v) is 3.34. The van der Waals surface area contributed by atoms with Crippen LogP contribution in [0.2, 0.25) is 0 Å². The highest BCUT2D eigenvalue weighted by Gasteiger charge is 2.31. The molecule has 1 unspecified atom stereocenters. The van der Waals surface area contributed by atoms with E-state index < -0.39 is 0 Å². The zero-order valence-corrected chi connectivity index (χ0v) is 9.76. The van der Waals surface area contributed by atoms with Crippen LogP contribution in [0.15, 0.2) is 0 Å². The van der Waals surface area contributed by atoms with E-state index in [0.717, 1.165) is 39.0 Å². The summed E-state index contributed by atoms with van der Waals surface area (Å²) in [5.41, 5.74) is 5.60. The summed E-state index contributed by atoms with van der Waals surface area (Å²) < 4.78 is 0. The first-order valence-electron chi connectivity index (χ1n) is 5.51. The second kappa shape index (κ2) is 5.68. The Hall–Kier alpha value is -0.320. The molecule has 2 atom stereocenters. The van der Waals surface area contributed by atoms with E-state index in [-0.39, 0.29) is 18.3 Å². The summed E-state index contributed by atoms with van der Waals surface area (Å²) in [6, 6.07) is 0. The number of nitrogens with two attached hydrogens (primary N) is 1. The van der Waals surface area contributed by atoms with Gasteiger partial charge in [-0.1, -0.05) is 0 Å². The monoisotopic (exact) mass is 233 g/mol. The standard InChI is InChI=1S/C10H19N3O.ClH/c11-5-8-2-4-13(7-8)10(14)9-1-3-12-6-9;/h8-9,12H,1-7,11H2;1H/t8?,9-;/m0./s1. The molecule has 2 saturated heterocycles. The van der Waals surface area contributed by atoms with Gasteiger partial charge in [0.1, 0.15) is 0 Å². The van der Waals surface area contributed by atoms with Gasteiger partial charge in [-0.05, 0) is 31.8 Å². The highest BCUT2D eigenvalue weighted by molar-refractivity contribution is 5.85. The highest BCUT2D eigenvalue weighted by Crippen LogP contribution is 2.19. The third-order valence-electron chi connectivity index (χ3n) is 3.34. The molecule has 2 aliphatic rings. The van der Waals surface area contributed by atoms with Gasteiger partial charge in [-0.3, -0.25) is 4.79 Å². The lowest BCUT2D eigenvalue weighted by molar-refractivity contribution is -0.133. The average molecular weight is 234 g/mol. The summed E-state index contributed by atoms with van der Waals surface area (Å²) in [7, 11) is 0. The molecule has 0 spiro atoms. The summed E-state index contributed by atoms with van der Waals surface area (Å²) in [4.78, 5) is 13.9. The van der Waals surface area contributed by atoms with Gasteiger partial charge in [-0.15, -0.1) is 12.4 Å². The molecular formula is C10H20ClN3O. The molecule has 0 aliphatic carbocycles. The molecule has 2 rings (SSSR count). The molecule has 88 valence electrons. The number of hydrogen-bond donors (Lipinski definition) is 2. The Morgan fingerprint density at radius 3 is 2.80 bits per heavy atom. The van der Waals surface area contributed by atoms with Crippen molar-refractivity contribution in [2.24, 2.45) is 17.6 Å². The van der Waals surface area contributed by atoms with Gasteiger partial charge in [0.25, 0.3) is 0 Å². The number of hydrogen-bond acceptors (Lipinski definition) is 3. The van der Waals surface area contributed by atoms with Gasteiger partial charge in [0.05, 0.1) is 5.92 Å². The zero-order valence-electron chi connectivity index (χ0n) is 8.95. The van der Waals surface area contributed by atoms with Crippen LogP contribution in [0.25, 0.3) is 0 Å². The molecule has 2 heterocycles. The Bertz CT molecular complexity index is 219. The van der Waals surface area contributed by atoms with E-state index in [4.69, 9.17) is 5.73 Å². The van der Waals surface area contributed by atoms with Crippen molar-refractivity contribution in [1.29, 1.82) is 0 Å². The predicted molar refractivity (Wildman–Crippen MR) is 62.0 cm³/mol. The first-order chi connectivity index (χ1) is 6.81. The molecule has 0 radical (unpaired) electrons. The number of amides is 1. The molecule has 0 aromatic heterocycles. The Labute approximate surface area is 97.0 Å². The van der Waals surface area contributed by atoms with Crippen LogP contribution in [-0.2, 0) is 4.79 Å². The van der Waals surface area contributed by atoms with Crippen molar-refractivity contribution < 1.29 is 4.79 Å². The molecule has 15 heavy (non-hydrogen) atoms. The van der Waals surface area contributed by atoms with E-state index in [1.54, 1.807) is 0 Å². The van der Waals surface area contributed by atoms with Crippen molar-refractivity contribution in [1.82, 2.24) is 10.2 Å². The summed E-state index contributed by atoms with van der Waals surface area (Å²) in [6.45, 7) is 4.36. The average Bonchev–Trinajstić information content (AvgIpc) is 2.88. The Kier molecular flexibility index (Phi) is 4.83. The second-order valence-corrected chi connectivity index (χ2v) is 4.36. The molecule has 0 bridgehead atoms. The van der Waals surface area contributed by atoms with Gasteiger partial charge in [0.2, 0.25) is 5.91 Å². The van der Waals surface area contributed by atoms with Gasteiger partial charge in [-0.25, -0.2) is 0 Å². The van der Waals surface area contributed by atoms with E-state index in [0.29, 0.717) is 18.4 Å². The molecule has 0 saturated carbocycles. The van der Waals surface area contributed by atoms with Crippen LogP contribution in [0.1, 0.15) is 12.8 Å². The first-order valence-corrected chi connectivity index (χ1v) is 5.51. The number of halogens is 1. The van der Waals surface area contributed by atoms with Crippen LogP contribution < -0.4 is 11.1 Å². The van der Waals surface area contributed by atoms with E-state index in [1.807, 2.05) is 4.90 Å². The van der Waals surface area contributed by atoms with Crippen LogP contribution in [0.3, 0.4) is 0 Å². The summed E-state index contributed by atoms with van der Waals surface area (Å²) >= 11 is 0. The smallest absolute Gasteiger partial charge is 0.227 e. The maximum absolute atomic E-state index is 12.0. The minimum Gasteiger partial charge on any atom is -0.342 e. The second-order valence-electron chi connectivity index (χ2n) is 4.36. The van der Waals surface area contributed by atoms with Crippen molar-refractivity contribution in [3.63, 3.8) is 0 Å². The lowest BCUT2D eigenvalue weighted by Crippen LogP contribution is -2.35. The number of likely N-dealkylation sites (tertiary alicyclic amines) is 1. The van der Waals surface area contributed by atoms with Crippen LogP contribution in [0.5, 0.6) is 0 Å². The summed E-state index contributed by atoms with van der Waals surface area (Å²) in [5.74, 6) is 1.10. The molecule has 3 N–H and O–H groups in total. The highest BCUT2D eigenvalue weighted by atomic mass is 35.5. The van der Waals surface area contributed by atoms with Gasteiger partial charge in [0.15, 0.2) is 0 Å². The van der Waals surface area contributed by atoms with Gasteiger partial charge < -0.3 is 16.0 Å². The first kappa shape index (κ1) is 12.7. The summed E-state index contributed by atoms with van der Waals surface area (Å²) in [5, 5.41) is 3.23. The molecule has 0 aromatic carbocycles. The van der Waals surface area contributed by atoms with Crippen molar-refractivity contribution >= 4 is 18.3 Å². The van der Waals surface area contributed by atoms with Crippen molar-refractivity contribution in [3.05, 3.63) is 0 Å². The minimum absolute atomic E-state index is 0. The Morgan fingerprint density at radius 1 is 1.47 bits per heavy atom. The number of carbonyl (C=O) groups is 1. The zero-order chi connectivity index (χ0) is 9.97. The molecule has 1 amide bonds. The van der Waals surface area contributed by atoms with E-state index in [9.17, 15) is 4.79 Å². The number of nitrogens with one attached hydrogen (secondary N) is 1. The van der Waals surface area contributed by atoms with Gasteiger partial charge in [0, 0.05) is 19.6 Å². The maximum Gasteiger partial charge on any atom is 0.227 e. The van der Waals surface area contributed by atoms with E-state index in [2.05, 4.69) is 5.32 Å². The number of rotatable bonds is 2. The SMILES string of the molecule is Cl.NCC1CCN(C(=O)[C@H]2CCNC2)C1. The molecule has 5 heteroatoms. The van der Waals surface area contributed by atoms with Crippen LogP contribution in [-0.4, -0.2) is 43.5 Å². The van der Waals surface area contributed by atoms with Crippen molar-refractivity contribution in [3.8, 4) is 0 Å². The van der Waals surface area contributed by atoms with Gasteiger partial charge >= 0.3 is 0 Å². The Morgan fingerprint density at radius 2 is 2.27 bits per heavy atom. The fourth-order valence-electron chi connectivity index (χ4n) is 2.35. The Balaban J connectivity index is 0.00000112. The van der Waals surface area contributed by atoms with Crippen LogP contribution in [0, 0.1) is 11.8 Å². The molecular weight excluding hydrogens is 214 g/mol. The van der Waals surface area contributed by atoms with E-state index >= 15 is 0 Å². The topological polar surface area (TPSA) is 58.4 Å². The van der Waals surface area contributed by atoms with Crippen LogP contribution in [0.4, 0.5) is 0 Å². The third kappa shape index (κ3) is 2.83. The molecule has 0 aromatic rings. The fourth-order valence-corrected chi connectivity index (χ4v) is 2.35. The summed E-state index contributed by atoms with van der Waals surface area (Å²) in [6.07, 6.45) is 2.09. The van der Waals surface area contributed by atoms with E-state index in [1.165, 1.54) is 0 Å². The quantitative estimate of drug-likeness (QED) is 0.696. The molecule has 2 fully saturated rings. The normalized spacial score (nSPS) is 30.3. The molecule has 4 nitrogen and oxygen atoms in total. The number of nitrogens with zero attached hydrogens (tertiary/aromatic N) is 1. The van der Waals surface area contributed by atoms with Gasteiger partial charge in [-0.2, -0.15) is 0 Å². The molecule has 2 aliphatic heterocycles. The van der Waals surface area contributed by atoms with Crippen LogP contribution >= 0.6 is 12.4 Å². The van der Waals surface area contributed by atoms with Crippen molar-refractivity contribution in [2.45, 2.75) is 12.8 Å². The lowest BCUT2D eigenvalue weighted by Gasteiger charge is -2.19. The lowest BCUT2D eigenvalue weighted by atomic mass is 10.1.